The quantitative estimate of drug-likeness (QED) is 0.486. The van der Waals surface area contributed by atoms with E-state index in [1.807, 2.05) is 30.5 Å². The van der Waals surface area contributed by atoms with Gasteiger partial charge in [0, 0.05) is 35.6 Å². The van der Waals surface area contributed by atoms with Crippen LogP contribution in [0.1, 0.15) is 17.0 Å². The summed E-state index contributed by atoms with van der Waals surface area (Å²) in [5, 5.41) is 2.63. The first-order valence-corrected chi connectivity index (χ1v) is 9.46. The Kier molecular flexibility index (Phi) is 4.94. The molecule has 0 aliphatic carbocycles. The molecule has 0 unspecified atom stereocenters. The summed E-state index contributed by atoms with van der Waals surface area (Å²) >= 11 is 1.45. The molecule has 0 aliphatic rings. The lowest BCUT2D eigenvalue weighted by atomic mass is 10.3. The summed E-state index contributed by atoms with van der Waals surface area (Å²) < 4.78 is 6.75. The van der Waals surface area contributed by atoms with Crippen LogP contribution >= 0.6 is 11.3 Å². The van der Waals surface area contributed by atoms with E-state index in [2.05, 4.69) is 15.0 Å². The zero-order valence-corrected chi connectivity index (χ0v) is 15.8. The highest BCUT2D eigenvalue weighted by atomic mass is 32.1. The maximum Gasteiger partial charge on any atom is 0.312 e. The van der Waals surface area contributed by atoms with Gasteiger partial charge < -0.3 is 4.74 Å². The molecule has 0 saturated heterocycles. The van der Waals surface area contributed by atoms with E-state index < -0.39 is 5.97 Å². The fourth-order valence-corrected chi connectivity index (χ4v) is 3.51. The Balaban J connectivity index is 1.41. The topological polar surface area (TPSA) is 86.4 Å². The number of aromatic nitrogens is 4. The first kappa shape index (κ1) is 18.0. The van der Waals surface area contributed by atoms with Gasteiger partial charge >= 0.3 is 5.97 Å². The molecule has 4 heterocycles. The number of nitrogens with zero attached hydrogens (tertiary/aromatic N) is 4. The molecular weight excluding hydrogens is 376 g/mol. The summed E-state index contributed by atoms with van der Waals surface area (Å²) in [5.74, 6) is -0.422. The summed E-state index contributed by atoms with van der Waals surface area (Å²) in [4.78, 5) is 37.2. The third kappa shape index (κ3) is 3.96. The second-order valence-corrected chi connectivity index (χ2v) is 7.10. The van der Waals surface area contributed by atoms with E-state index in [1.54, 1.807) is 24.7 Å². The van der Waals surface area contributed by atoms with Crippen molar-refractivity contribution in [3.8, 4) is 10.6 Å². The number of hydrogen-bond acceptors (Lipinski definition) is 7. The van der Waals surface area contributed by atoms with Crippen molar-refractivity contribution in [2.45, 2.75) is 20.0 Å². The average Bonchev–Trinajstić information content (AvgIpc) is 3.16. The maximum atomic E-state index is 12.2. The molecule has 0 aliphatic heterocycles. The van der Waals surface area contributed by atoms with Crippen molar-refractivity contribution in [2.24, 2.45) is 0 Å². The monoisotopic (exact) mass is 392 g/mol. The van der Waals surface area contributed by atoms with E-state index in [4.69, 9.17) is 4.74 Å². The SMILES string of the molecule is Cc1ccc2nc(COC(=O)Cc3csc(-c4cccnc4)n3)cc(=O)n2c1. The molecule has 8 heteroatoms. The highest BCUT2D eigenvalue weighted by Gasteiger charge is 2.11. The van der Waals surface area contributed by atoms with Gasteiger partial charge in [0.25, 0.3) is 5.56 Å². The van der Waals surface area contributed by atoms with Crippen LogP contribution in [-0.4, -0.2) is 25.3 Å². The van der Waals surface area contributed by atoms with Crippen LogP contribution in [0.15, 0.2) is 59.1 Å². The number of carbonyl (C=O) groups is 1. The molecule has 0 fully saturated rings. The van der Waals surface area contributed by atoms with E-state index in [9.17, 15) is 9.59 Å². The Hall–Kier alpha value is -3.39. The molecule has 7 nitrogen and oxygen atoms in total. The Morgan fingerprint density at radius 2 is 2.11 bits per heavy atom. The number of esters is 1. The average molecular weight is 392 g/mol. The van der Waals surface area contributed by atoms with Gasteiger partial charge in [0.05, 0.1) is 17.8 Å². The molecule has 0 amide bonds. The number of carbonyl (C=O) groups excluding carboxylic acids is 1. The molecule has 0 bridgehead atoms. The van der Waals surface area contributed by atoms with Gasteiger partial charge in [-0.25, -0.2) is 9.97 Å². The van der Waals surface area contributed by atoms with Crippen LogP contribution < -0.4 is 5.56 Å². The summed E-state index contributed by atoms with van der Waals surface area (Å²) in [6.45, 7) is 1.85. The number of ether oxygens (including phenoxy) is 1. The van der Waals surface area contributed by atoms with Crippen molar-refractivity contribution in [1.29, 1.82) is 0 Å². The van der Waals surface area contributed by atoms with Crippen LogP contribution in [0.5, 0.6) is 0 Å². The minimum Gasteiger partial charge on any atom is -0.459 e. The molecule has 0 atom stereocenters. The molecule has 4 aromatic rings. The van der Waals surface area contributed by atoms with Crippen molar-refractivity contribution in [2.75, 3.05) is 0 Å². The first-order valence-electron chi connectivity index (χ1n) is 8.58. The van der Waals surface area contributed by atoms with Crippen molar-refractivity contribution >= 4 is 23.0 Å². The number of rotatable bonds is 5. The van der Waals surface area contributed by atoms with E-state index >= 15 is 0 Å². The molecule has 0 N–H and O–H groups in total. The van der Waals surface area contributed by atoms with E-state index in [-0.39, 0.29) is 18.6 Å². The number of aryl methyl sites for hydroxylation is 1. The van der Waals surface area contributed by atoms with Gasteiger partial charge in [0.15, 0.2) is 0 Å². The fourth-order valence-electron chi connectivity index (χ4n) is 2.70. The molecular formula is C20H16N4O3S. The smallest absolute Gasteiger partial charge is 0.312 e. The minimum atomic E-state index is -0.422. The van der Waals surface area contributed by atoms with Crippen LogP contribution in [0.3, 0.4) is 0 Å². The summed E-state index contributed by atoms with van der Waals surface area (Å²) in [6.07, 6.45) is 5.21. The van der Waals surface area contributed by atoms with Gasteiger partial charge in [0.1, 0.15) is 17.3 Å². The van der Waals surface area contributed by atoms with E-state index in [1.165, 1.54) is 21.8 Å². The predicted octanol–water partition coefficient (Wildman–Crippen LogP) is 2.81. The summed E-state index contributed by atoms with van der Waals surface area (Å²) in [6, 6.07) is 8.77. The first-order chi connectivity index (χ1) is 13.6. The third-order valence-electron chi connectivity index (χ3n) is 4.03. The minimum absolute atomic E-state index is 0.0575. The highest BCUT2D eigenvalue weighted by Crippen LogP contribution is 2.22. The zero-order chi connectivity index (χ0) is 19.5. The second-order valence-electron chi connectivity index (χ2n) is 6.24. The summed E-state index contributed by atoms with van der Waals surface area (Å²) in [7, 11) is 0. The third-order valence-corrected chi connectivity index (χ3v) is 4.97. The van der Waals surface area contributed by atoms with Crippen molar-refractivity contribution in [3.05, 3.63) is 81.6 Å². The lowest BCUT2D eigenvalue weighted by Gasteiger charge is -2.06. The molecule has 0 saturated carbocycles. The van der Waals surface area contributed by atoms with Crippen LogP contribution in [0.4, 0.5) is 0 Å². The number of hydrogen-bond donors (Lipinski definition) is 0. The Bertz CT molecular complexity index is 1200. The molecule has 0 spiro atoms. The highest BCUT2D eigenvalue weighted by molar-refractivity contribution is 7.13. The predicted molar refractivity (Wildman–Crippen MR) is 105 cm³/mol. The Morgan fingerprint density at radius 1 is 1.21 bits per heavy atom. The molecule has 4 aromatic heterocycles. The molecule has 4 rings (SSSR count). The Morgan fingerprint density at radius 3 is 2.93 bits per heavy atom. The summed E-state index contributed by atoms with van der Waals surface area (Å²) in [5.41, 5.74) is 3.23. The molecule has 0 aromatic carbocycles. The van der Waals surface area contributed by atoms with Crippen LogP contribution in [0.25, 0.3) is 16.2 Å². The largest absolute Gasteiger partial charge is 0.459 e. The van der Waals surface area contributed by atoms with Gasteiger partial charge in [-0.05, 0) is 30.7 Å². The van der Waals surface area contributed by atoms with Gasteiger partial charge in [-0.3, -0.25) is 19.0 Å². The van der Waals surface area contributed by atoms with E-state index in [0.717, 1.165) is 16.1 Å². The van der Waals surface area contributed by atoms with E-state index in [0.29, 0.717) is 17.0 Å². The van der Waals surface area contributed by atoms with Gasteiger partial charge in [-0.2, -0.15) is 0 Å². The standard InChI is InChI=1S/C20H16N4O3S/c1-13-4-5-17-22-15(7-18(25)24(17)10-13)11-27-19(26)8-16-12-28-20(23-16)14-3-2-6-21-9-14/h2-7,9-10,12H,8,11H2,1H3. The van der Waals surface area contributed by atoms with Crippen LogP contribution in [0.2, 0.25) is 0 Å². The molecule has 28 heavy (non-hydrogen) atoms. The van der Waals surface area contributed by atoms with Crippen molar-refractivity contribution < 1.29 is 9.53 Å². The molecule has 140 valence electrons. The Labute approximate surface area is 164 Å². The van der Waals surface area contributed by atoms with Crippen LogP contribution in [0, 0.1) is 6.92 Å². The van der Waals surface area contributed by atoms with Gasteiger partial charge in [0.2, 0.25) is 0 Å². The lowest BCUT2D eigenvalue weighted by Crippen LogP contribution is -2.17. The van der Waals surface area contributed by atoms with Gasteiger partial charge in [-0.15, -0.1) is 11.3 Å². The number of fused-ring (bicyclic) bond motifs is 1. The lowest BCUT2D eigenvalue weighted by molar-refractivity contribution is -0.144. The number of thiazole rings is 1. The van der Waals surface area contributed by atoms with Crippen molar-refractivity contribution in [1.82, 2.24) is 19.4 Å². The zero-order valence-electron chi connectivity index (χ0n) is 15.0. The normalized spacial score (nSPS) is 10.9. The fraction of sp³-hybridized carbons (Fsp3) is 0.150. The molecule has 0 radical (unpaired) electrons. The maximum absolute atomic E-state index is 12.2. The van der Waals surface area contributed by atoms with Crippen LogP contribution in [-0.2, 0) is 22.6 Å². The van der Waals surface area contributed by atoms with Gasteiger partial charge in [-0.1, -0.05) is 6.07 Å². The number of pyridine rings is 2. The van der Waals surface area contributed by atoms with Crippen molar-refractivity contribution in [3.63, 3.8) is 0 Å². The second kappa shape index (κ2) is 7.69.